The van der Waals surface area contributed by atoms with E-state index >= 15 is 0 Å². The minimum Gasteiger partial charge on any atom is -0.497 e. The predicted octanol–water partition coefficient (Wildman–Crippen LogP) is 2.32. The number of nitrogens with zero attached hydrogens (tertiary/aromatic N) is 4. The quantitative estimate of drug-likeness (QED) is 0.724. The first kappa shape index (κ1) is 18.4. The van der Waals surface area contributed by atoms with E-state index in [0.717, 1.165) is 19.4 Å². The zero-order valence-electron chi connectivity index (χ0n) is 15.7. The highest BCUT2D eigenvalue weighted by Crippen LogP contribution is 2.28. The van der Waals surface area contributed by atoms with Crippen LogP contribution in [0.4, 0.5) is 10.8 Å². The van der Waals surface area contributed by atoms with Crippen molar-refractivity contribution in [3.05, 3.63) is 46.4 Å². The zero-order chi connectivity index (χ0) is 19.7. The van der Waals surface area contributed by atoms with Gasteiger partial charge >= 0.3 is 0 Å². The van der Waals surface area contributed by atoms with E-state index in [-0.39, 0.29) is 17.4 Å². The number of carbonyl (C=O) groups excluding carboxylic acids is 1. The summed E-state index contributed by atoms with van der Waals surface area (Å²) in [6, 6.07) is 8.79. The molecule has 0 spiro atoms. The Balaban J connectivity index is 1.50. The molecule has 1 N–H and O–H groups in total. The van der Waals surface area contributed by atoms with E-state index in [1.54, 1.807) is 20.1 Å². The Hall–Kier alpha value is -2.94. The Bertz CT molecular complexity index is 1080. The zero-order valence-corrected chi connectivity index (χ0v) is 16.5. The summed E-state index contributed by atoms with van der Waals surface area (Å²) in [6.45, 7) is 3.15. The third-order valence-electron chi connectivity index (χ3n) is 4.76. The van der Waals surface area contributed by atoms with E-state index in [9.17, 15) is 9.59 Å². The van der Waals surface area contributed by atoms with Gasteiger partial charge in [-0.15, -0.1) is 5.10 Å². The molecule has 0 aliphatic carbocycles. The smallest absolute Gasteiger partial charge is 0.275 e. The van der Waals surface area contributed by atoms with E-state index in [4.69, 9.17) is 4.74 Å². The summed E-state index contributed by atoms with van der Waals surface area (Å²) >= 11 is 1.37. The van der Waals surface area contributed by atoms with Crippen LogP contribution in [0.3, 0.4) is 0 Å². The maximum absolute atomic E-state index is 12.8. The summed E-state index contributed by atoms with van der Waals surface area (Å²) < 4.78 is 6.53. The molecule has 146 valence electrons. The highest BCUT2D eigenvalue weighted by molar-refractivity contribution is 7.20. The lowest BCUT2D eigenvalue weighted by Gasteiger charge is -2.31. The minimum absolute atomic E-state index is 0.0230. The molecule has 0 radical (unpaired) electrons. The molecular formula is C19H21N5O3S. The van der Waals surface area contributed by atoms with Gasteiger partial charge in [0.25, 0.3) is 5.56 Å². The number of fused-ring (bicyclic) bond motifs is 1. The molecule has 3 aromatic rings. The number of nitrogens with one attached hydrogen (secondary N) is 1. The molecule has 4 rings (SSSR count). The van der Waals surface area contributed by atoms with Crippen LogP contribution in [0.15, 0.2) is 35.1 Å². The number of rotatable bonds is 4. The number of methoxy groups -OCH3 is 1. The van der Waals surface area contributed by atoms with Gasteiger partial charge in [0.05, 0.1) is 13.0 Å². The molecule has 2 aromatic heterocycles. The topological polar surface area (TPSA) is 88.8 Å². The molecule has 0 saturated carbocycles. The van der Waals surface area contributed by atoms with Crippen molar-refractivity contribution >= 4 is 33.0 Å². The Labute approximate surface area is 165 Å². The Kier molecular flexibility index (Phi) is 4.99. The molecule has 1 aliphatic heterocycles. The van der Waals surface area contributed by atoms with Gasteiger partial charge in [-0.25, -0.2) is 4.98 Å². The maximum Gasteiger partial charge on any atom is 0.275 e. The normalized spacial score (nSPS) is 16.9. The number of piperidine rings is 1. The van der Waals surface area contributed by atoms with E-state index < -0.39 is 0 Å². The molecule has 28 heavy (non-hydrogen) atoms. The van der Waals surface area contributed by atoms with Gasteiger partial charge in [0.1, 0.15) is 5.75 Å². The van der Waals surface area contributed by atoms with Crippen molar-refractivity contribution in [3.63, 3.8) is 0 Å². The van der Waals surface area contributed by atoms with Crippen molar-refractivity contribution in [3.8, 4) is 5.75 Å². The van der Waals surface area contributed by atoms with Crippen LogP contribution in [-0.2, 0) is 4.79 Å². The number of hydrogen-bond acceptors (Lipinski definition) is 7. The fourth-order valence-corrected chi connectivity index (χ4v) is 4.34. The second kappa shape index (κ2) is 7.59. The molecule has 1 fully saturated rings. The SMILES string of the molecule is COc1cccc(NC(=O)C2CCCN(c3nn4c(=O)cc(C)nc4s3)C2)c1. The number of carbonyl (C=O) groups is 1. The van der Waals surface area contributed by atoms with Crippen molar-refractivity contribution in [2.75, 3.05) is 30.4 Å². The fraction of sp³-hybridized carbons (Fsp3) is 0.368. The molecule has 1 amide bonds. The number of hydrogen-bond donors (Lipinski definition) is 1. The fourth-order valence-electron chi connectivity index (χ4n) is 3.35. The molecule has 1 saturated heterocycles. The number of amides is 1. The average Bonchev–Trinajstić information content (AvgIpc) is 3.12. The van der Waals surface area contributed by atoms with Crippen molar-refractivity contribution in [1.29, 1.82) is 0 Å². The standard InChI is InChI=1S/C19H21N5O3S/c1-12-9-16(25)24-18(20-12)28-19(22-24)23-8-4-5-13(11-23)17(26)21-14-6-3-7-15(10-14)27-2/h3,6-7,9-10,13H,4-5,8,11H2,1-2H3,(H,21,26). The van der Waals surface area contributed by atoms with Gasteiger partial charge in [0, 0.05) is 36.6 Å². The van der Waals surface area contributed by atoms with Crippen molar-refractivity contribution in [2.24, 2.45) is 5.92 Å². The number of aromatic nitrogens is 3. The Morgan fingerprint density at radius 1 is 1.36 bits per heavy atom. The Morgan fingerprint density at radius 2 is 2.21 bits per heavy atom. The molecule has 8 nitrogen and oxygen atoms in total. The van der Waals surface area contributed by atoms with Crippen LogP contribution < -0.4 is 20.5 Å². The summed E-state index contributed by atoms with van der Waals surface area (Å²) in [6.07, 6.45) is 1.70. The molecule has 1 aliphatic rings. The monoisotopic (exact) mass is 399 g/mol. The average molecular weight is 399 g/mol. The summed E-state index contributed by atoms with van der Waals surface area (Å²) in [4.78, 5) is 31.9. The first-order valence-electron chi connectivity index (χ1n) is 9.11. The summed E-state index contributed by atoms with van der Waals surface area (Å²) in [5.74, 6) is 0.523. The number of ether oxygens (including phenoxy) is 1. The van der Waals surface area contributed by atoms with Gasteiger partial charge in [-0.2, -0.15) is 4.52 Å². The molecule has 1 atom stereocenters. The third kappa shape index (κ3) is 3.70. The van der Waals surface area contributed by atoms with Crippen LogP contribution in [0, 0.1) is 12.8 Å². The second-order valence-corrected chi connectivity index (χ2v) is 7.76. The molecule has 9 heteroatoms. The van der Waals surface area contributed by atoms with Gasteiger partial charge in [-0.05, 0) is 31.9 Å². The first-order chi connectivity index (χ1) is 13.5. The molecular weight excluding hydrogens is 378 g/mol. The van der Waals surface area contributed by atoms with Gasteiger partial charge < -0.3 is 15.0 Å². The summed E-state index contributed by atoms with van der Waals surface area (Å²) in [7, 11) is 1.60. The largest absolute Gasteiger partial charge is 0.497 e. The van der Waals surface area contributed by atoms with Crippen molar-refractivity contribution < 1.29 is 9.53 Å². The van der Waals surface area contributed by atoms with E-state index in [1.165, 1.54) is 21.9 Å². The van der Waals surface area contributed by atoms with Crippen LogP contribution in [0.5, 0.6) is 5.75 Å². The number of aryl methyl sites for hydroxylation is 1. The summed E-state index contributed by atoms with van der Waals surface area (Å²) in [5, 5.41) is 8.10. The van der Waals surface area contributed by atoms with Gasteiger partial charge in [-0.1, -0.05) is 17.4 Å². The van der Waals surface area contributed by atoms with Gasteiger partial charge in [0.15, 0.2) is 0 Å². The van der Waals surface area contributed by atoms with Crippen LogP contribution in [-0.4, -0.2) is 40.7 Å². The molecule has 0 bridgehead atoms. The van der Waals surface area contributed by atoms with Crippen molar-refractivity contribution in [2.45, 2.75) is 19.8 Å². The number of anilines is 2. The summed E-state index contributed by atoms with van der Waals surface area (Å²) in [5.41, 5.74) is 1.21. The molecule has 1 aromatic carbocycles. The van der Waals surface area contributed by atoms with Gasteiger partial charge in [0.2, 0.25) is 16.0 Å². The minimum atomic E-state index is -0.186. The highest BCUT2D eigenvalue weighted by atomic mass is 32.1. The van der Waals surface area contributed by atoms with E-state index in [1.807, 2.05) is 18.2 Å². The number of benzene rings is 1. The van der Waals surface area contributed by atoms with Crippen LogP contribution >= 0.6 is 11.3 Å². The second-order valence-electron chi connectivity index (χ2n) is 6.82. The van der Waals surface area contributed by atoms with Crippen LogP contribution in [0.2, 0.25) is 0 Å². The Morgan fingerprint density at radius 3 is 3.04 bits per heavy atom. The van der Waals surface area contributed by atoms with Gasteiger partial charge in [-0.3, -0.25) is 9.59 Å². The van der Waals surface area contributed by atoms with Crippen molar-refractivity contribution in [1.82, 2.24) is 14.6 Å². The lowest BCUT2D eigenvalue weighted by atomic mass is 9.97. The van der Waals surface area contributed by atoms with Crippen LogP contribution in [0.1, 0.15) is 18.5 Å². The third-order valence-corrected chi connectivity index (χ3v) is 5.73. The molecule has 1 unspecified atom stereocenters. The maximum atomic E-state index is 12.8. The van der Waals surface area contributed by atoms with E-state index in [0.29, 0.717) is 33.8 Å². The lowest BCUT2D eigenvalue weighted by Crippen LogP contribution is -2.40. The van der Waals surface area contributed by atoms with E-state index in [2.05, 4.69) is 20.3 Å². The predicted molar refractivity (Wildman–Crippen MR) is 108 cm³/mol. The molecule has 3 heterocycles. The highest BCUT2D eigenvalue weighted by Gasteiger charge is 2.28. The lowest BCUT2D eigenvalue weighted by molar-refractivity contribution is -0.120. The van der Waals surface area contributed by atoms with Crippen LogP contribution in [0.25, 0.3) is 4.96 Å². The first-order valence-corrected chi connectivity index (χ1v) is 9.92.